The van der Waals surface area contributed by atoms with Crippen molar-refractivity contribution >= 4 is 6.08 Å². The van der Waals surface area contributed by atoms with Gasteiger partial charge in [0.25, 0.3) is 0 Å². The van der Waals surface area contributed by atoms with Gasteiger partial charge in [0.1, 0.15) is 0 Å². The molecule has 0 spiro atoms. The molecule has 0 N–H and O–H groups in total. The number of rotatable bonds is 2. The van der Waals surface area contributed by atoms with Gasteiger partial charge in [0.2, 0.25) is 0 Å². The Balaban J connectivity index is 1.70. The molecule has 3 aromatic rings. The number of fused-ring (bicyclic) bond motifs is 4. The monoisotopic (exact) mass is 334 g/mol. The molecule has 0 atom stereocenters. The molecule has 0 unspecified atom stereocenters. The zero-order valence-electron chi connectivity index (χ0n) is 15.3. The van der Waals surface area contributed by atoms with Crippen LogP contribution in [0.1, 0.15) is 42.0 Å². The van der Waals surface area contributed by atoms with Crippen molar-refractivity contribution in [1.82, 2.24) is 0 Å². The van der Waals surface area contributed by atoms with E-state index in [4.69, 9.17) is 0 Å². The maximum atomic E-state index is 2.40. The van der Waals surface area contributed by atoms with Crippen LogP contribution < -0.4 is 0 Å². The molecule has 0 radical (unpaired) electrons. The standard InChI is InChI=1S/C26H22/c1-17(2)25(20-15-18-9-3-4-10-19(18)16-20)26-23-13-7-5-11-21(23)22-12-6-8-14-24(22)26/h3-15,26H,16H2,1-2H3. The number of hydrogen-bond acceptors (Lipinski definition) is 0. The molecule has 2 aliphatic carbocycles. The molecule has 0 saturated carbocycles. The van der Waals surface area contributed by atoms with Gasteiger partial charge in [0.05, 0.1) is 0 Å². The topological polar surface area (TPSA) is 0 Å². The van der Waals surface area contributed by atoms with Crippen molar-refractivity contribution in [1.29, 1.82) is 0 Å². The minimum absolute atomic E-state index is 0.341. The van der Waals surface area contributed by atoms with Crippen LogP contribution in [0.2, 0.25) is 0 Å². The molecular formula is C26H22. The Labute approximate surface area is 155 Å². The summed E-state index contributed by atoms with van der Waals surface area (Å²) >= 11 is 0. The van der Waals surface area contributed by atoms with Gasteiger partial charge in [-0.2, -0.15) is 0 Å². The minimum atomic E-state index is 0.341. The van der Waals surface area contributed by atoms with Crippen LogP contribution in [-0.4, -0.2) is 0 Å². The first-order chi connectivity index (χ1) is 12.7. The Hall–Kier alpha value is -2.86. The van der Waals surface area contributed by atoms with Crippen LogP contribution in [0.25, 0.3) is 17.2 Å². The Kier molecular flexibility index (Phi) is 3.46. The van der Waals surface area contributed by atoms with Crippen molar-refractivity contribution in [2.24, 2.45) is 0 Å². The summed E-state index contributed by atoms with van der Waals surface area (Å²) < 4.78 is 0. The first-order valence-corrected chi connectivity index (χ1v) is 9.38. The fourth-order valence-electron chi connectivity index (χ4n) is 4.71. The average Bonchev–Trinajstić information content (AvgIpc) is 3.22. The van der Waals surface area contributed by atoms with Gasteiger partial charge >= 0.3 is 0 Å². The van der Waals surface area contributed by atoms with E-state index in [1.807, 2.05) is 0 Å². The third-order valence-corrected chi connectivity index (χ3v) is 5.77. The predicted molar refractivity (Wildman–Crippen MR) is 110 cm³/mol. The highest BCUT2D eigenvalue weighted by Gasteiger charge is 2.33. The maximum Gasteiger partial charge on any atom is 0.0354 e. The molecule has 0 saturated heterocycles. The fraction of sp³-hybridized carbons (Fsp3) is 0.154. The lowest BCUT2D eigenvalue weighted by molar-refractivity contribution is 0.947. The molecule has 2 aliphatic rings. The van der Waals surface area contributed by atoms with Crippen molar-refractivity contribution < 1.29 is 0 Å². The SMILES string of the molecule is CC(C)=C(C1=Cc2ccccc2C1)C1c2ccccc2-c2ccccc21. The third-order valence-electron chi connectivity index (χ3n) is 5.77. The molecule has 0 aromatic heterocycles. The van der Waals surface area contributed by atoms with Crippen LogP contribution in [-0.2, 0) is 6.42 Å². The van der Waals surface area contributed by atoms with Crippen LogP contribution in [0.3, 0.4) is 0 Å². The molecule has 3 aromatic carbocycles. The summed E-state index contributed by atoms with van der Waals surface area (Å²) in [6.45, 7) is 4.53. The maximum absolute atomic E-state index is 2.40. The molecule has 126 valence electrons. The Morgan fingerprint density at radius 2 is 1.31 bits per heavy atom. The lowest BCUT2D eigenvalue weighted by Gasteiger charge is -2.21. The van der Waals surface area contributed by atoms with E-state index in [9.17, 15) is 0 Å². The molecule has 0 amide bonds. The van der Waals surface area contributed by atoms with Gasteiger partial charge in [0, 0.05) is 5.92 Å². The van der Waals surface area contributed by atoms with Gasteiger partial charge in [-0.05, 0) is 64.8 Å². The van der Waals surface area contributed by atoms with Crippen LogP contribution in [0.4, 0.5) is 0 Å². The average molecular weight is 334 g/mol. The van der Waals surface area contributed by atoms with Crippen LogP contribution in [0.5, 0.6) is 0 Å². The van der Waals surface area contributed by atoms with E-state index in [1.165, 1.54) is 50.1 Å². The van der Waals surface area contributed by atoms with Gasteiger partial charge in [-0.25, -0.2) is 0 Å². The van der Waals surface area contributed by atoms with Crippen molar-refractivity contribution in [3.63, 3.8) is 0 Å². The lowest BCUT2D eigenvalue weighted by atomic mass is 9.82. The van der Waals surface area contributed by atoms with E-state index < -0.39 is 0 Å². The largest absolute Gasteiger partial charge is 0.0720 e. The summed E-state index contributed by atoms with van der Waals surface area (Å²) in [5.74, 6) is 0.341. The van der Waals surface area contributed by atoms with Crippen molar-refractivity contribution in [3.05, 3.63) is 112 Å². The normalized spacial score (nSPS) is 14.5. The number of hydrogen-bond donors (Lipinski definition) is 0. The smallest absolute Gasteiger partial charge is 0.0354 e. The van der Waals surface area contributed by atoms with E-state index >= 15 is 0 Å². The number of allylic oxidation sites excluding steroid dienone is 3. The van der Waals surface area contributed by atoms with Crippen molar-refractivity contribution in [3.8, 4) is 11.1 Å². The molecule has 0 aliphatic heterocycles. The van der Waals surface area contributed by atoms with Gasteiger partial charge in [-0.1, -0.05) is 84.4 Å². The second kappa shape index (κ2) is 5.85. The number of benzene rings is 3. The highest BCUT2D eigenvalue weighted by molar-refractivity contribution is 5.83. The fourth-order valence-corrected chi connectivity index (χ4v) is 4.71. The Bertz CT molecular complexity index is 1030. The lowest BCUT2D eigenvalue weighted by Crippen LogP contribution is -2.06. The third kappa shape index (κ3) is 2.22. The Morgan fingerprint density at radius 1 is 0.731 bits per heavy atom. The quantitative estimate of drug-likeness (QED) is 0.485. The first-order valence-electron chi connectivity index (χ1n) is 9.38. The zero-order chi connectivity index (χ0) is 17.7. The summed E-state index contributed by atoms with van der Waals surface area (Å²) in [4.78, 5) is 0. The van der Waals surface area contributed by atoms with Gasteiger partial charge in [0.15, 0.2) is 0 Å². The highest BCUT2D eigenvalue weighted by atomic mass is 14.4. The molecule has 5 rings (SSSR count). The van der Waals surface area contributed by atoms with Crippen LogP contribution >= 0.6 is 0 Å². The van der Waals surface area contributed by atoms with E-state index in [1.54, 1.807) is 0 Å². The van der Waals surface area contributed by atoms with E-state index in [-0.39, 0.29) is 0 Å². The minimum Gasteiger partial charge on any atom is -0.0720 e. The molecule has 0 nitrogen and oxygen atoms in total. The highest BCUT2D eigenvalue weighted by Crippen LogP contribution is 2.51. The van der Waals surface area contributed by atoms with Crippen molar-refractivity contribution in [2.75, 3.05) is 0 Å². The summed E-state index contributed by atoms with van der Waals surface area (Å²) in [5.41, 5.74) is 12.9. The van der Waals surface area contributed by atoms with E-state index in [2.05, 4.69) is 92.7 Å². The van der Waals surface area contributed by atoms with Gasteiger partial charge < -0.3 is 0 Å². The second-order valence-electron chi connectivity index (χ2n) is 7.57. The molecule has 0 fully saturated rings. The van der Waals surface area contributed by atoms with Gasteiger partial charge in [-0.3, -0.25) is 0 Å². The summed E-state index contributed by atoms with van der Waals surface area (Å²) in [6, 6.07) is 26.6. The summed E-state index contributed by atoms with van der Waals surface area (Å²) in [5, 5.41) is 0. The van der Waals surface area contributed by atoms with Crippen LogP contribution in [0, 0.1) is 0 Å². The van der Waals surface area contributed by atoms with Gasteiger partial charge in [-0.15, -0.1) is 0 Å². The Morgan fingerprint density at radius 3 is 1.92 bits per heavy atom. The van der Waals surface area contributed by atoms with Crippen molar-refractivity contribution in [2.45, 2.75) is 26.2 Å². The molecular weight excluding hydrogens is 312 g/mol. The zero-order valence-corrected chi connectivity index (χ0v) is 15.3. The molecule has 26 heavy (non-hydrogen) atoms. The van der Waals surface area contributed by atoms with E-state index in [0.29, 0.717) is 5.92 Å². The first kappa shape index (κ1) is 15.4. The molecule has 0 bridgehead atoms. The molecule has 0 heterocycles. The van der Waals surface area contributed by atoms with Crippen LogP contribution in [0.15, 0.2) is 89.5 Å². The summed E-state index contributed by atoms with van der Waals surface area (Å²) in [7, 11) is 0. The van der Waals surface area contributed by atoms with E-state index in [0.717, 1.165) is 6.42 Å². The second-order valence-corrected chi connectivity index (χ2v) is 7.57. The molecule has 0 heteroatoms. The predicted octanol–water partition coefficient (Wildman–Crippen LogP) is 6.78. The summed E-state index contributed by atoms with van der Waals surface area (Å²) in [6.07, 6.45) is 3.44.